The van der Waals surface area contributed by atoms with Crippen LogP contribution in [0.3, 0.4) is 0 Å². The Morgan fingerprint density at radius 1 is 1.04 bits per heavy atom. The fourth-order valence-corrected chi connectivity index (χ4v) is 3.26. The van der Waals surface area contributed by atoms with E-state index in [9.17, 15) is 4.39 Å². The van der Waals surface area contributed by atoms with Crippen molar-refractivity contribution in [1.29, 1.82) is 0 Å². The molecule has 1 saturated carbocycles. The first kappa shape index (κ1) is 15.6. The third-order valence-electron chi connectivity index (χ3n) is 4.38. The second kappa shape index (κ2) is 6.51. The van der Waals surface area contributed by atoms with E-state index in [2.05, 4.69) is 35.8 Å². The predicted molar refractivity (Wildman–Crippen MR) is 92.2 cm³/mol. The van der Waals surface area contributed by atoms with Crippen LogP contribution in [0.25, 0.3) is 0 Å². The Balaban J connectivity index is 1.47. The highest BCUT2D eigenvalue weighted by Crippen LogP contribution is 2.40. The van der Waals surface area contributed by atoms with Crippen LogP contribution >= 0.6 is 11.8 Å². The molecule has 4 rings (SSSR count). The molecule has 0 radical (unpaired) electrons. The number of aromatic nitrogens is 4. The van der Waals surface area contributed by atoms with Gasteiger partial charge >= 0.3 is 0 Å². The average molecular weight is 346 g/mol. The van der Waals surface area contributed by atoms with Crippen molar-refractivity contribution in [3.8, 4) is 0 Å². The summed E-state index contributed by atoms with van der Waals surface area (Å²) in [6.45, 7) is 3.28. The van der Waals surface area contributed by atoms with E-state index in [-0.39, 0.29) is 0 Å². The van der Waals surface area contributed by atoms with E-state index in [0.29, 0.717) is 11.9 Å². The average Bonchev–Trinajstić information content (AvgIpc) is 3.47. The van der Waals surface area contributed by atoms with Crippen molar-refractivity contribution < 1.29 is 4.39 Å². The quantitative estimate of drug-likeness (QED) is 0.622. The van der Waals surface area contributed by atoms with E-state index in [4.69, 9.17) is 0 Å². The zero-order valence-electron chi connectivity index (χ0n) is 13.5. The monoisotopic (exact) mass is 346 g/mol. The molecule has 2 aromatic rings. The standard InChI is InChI=1S/C16H19FN6S/c1-24-16-20-13(11-2-3-11)8-14(21-16)22-4-6-23(7-5-22)15-18-9-12(17)10-19-15/h8-11H,2-7H2,1H3. The van der Waals surface area contributed by atoms with Crippen LogP contribution in [0.4, 0.5) is 16.2 Å². The first-order valence-corrected chi connectivity index (χ1v) is 9.36. The molecule has 1 aliphatic carbocycles. The van der Waals surface area contributed by atoms with Crippen molar-refractivity contribution in [2.45, 2.75) is 23.9 Å². The maximum Gasteiger partial charge on any atom is 0.225 e. The number of hydrogen-bond acceptors (Lipinski definition) is 7. The van der Waals surface area contributed by atoms with Gasteiger partial charge in [0.2, 0.25) is 5.95 Å². The van der Waals surface area contributed by atoms with E-state index in [0.717, 1.165) is 37.2 Å². The lowest BCUT2D eigenvalue weighted by atomic mass is 10.2. The number of piperazine rings is 1. The van der Waals surface area contributed by atoms with Crippen molar-refractivity contribution in [2.75, 3.05) is 42.2 Å². The predicted octanol–water partition coefficient (Wildman–Crippen LogP) is 2.33. The van der Waals surface area contributed by atoms with Crippen molar-refractivity contribution in [1.82, 2.24) is 19.9 Å². The molecule has 0 atom stereocenters. The maximum absolute atomic E-state index is 12.9. The first-order chi connectivity index (χ1) is 11.7. The first-order valence-electron chi connectivity index (χ1n) is 8.13. The Bertz CT molecular complexity index is 713. The summed E-state index contributed by atoms with van der Waals surface area (Å²) in [5.74, 6) is 1.81. The molecule has 2 fully saturated rings. The largest absolute Gasteiger partial charge is 0.353 e. The van der Waals surface area contributed by atoms with Gasteiger partial charge in [0.05, 0.1) is 18.1 Å². The normalized spacial score (nSPS) is 18.1. The zero-order chi connectivity index (χ0) is 16.5. The van der Waals surface area contributed by atoms with Gasteiger partial charge in [-0.1, -0.05) is 11.8 Å². The van der Waals surface area contributed by atoms with Gasteiger partial charge in [0.25, 0.3) is 0 Å². The maximum atomic E-state index is 12.9. The molecule has 24 heavy (non-hydrogen) atoms. The highest BCUT2D eigenvalue weighted by Gasteiger charge is 2.27. The lowest BCUT2D eigenvalue weighted by Gasteiger charge is -2.35. The minimum atomic E-state index is -0.407. The van der Waals surface area contributed by atoms with Gasteiger partial charge in [0.1, 0.15) is 5.82 Å². The van der Waals surface area contributed by atoms with Crippen LogP contribution in [0.1, 0.15) is 24.5 Å². The van der Waals surface area contributed by atoms with E-state index < -0.39 is 5.82 Å². The molecule has 1 saturated heterocycles. The minimum Gasteiger partial charge on any atom is -0.353 e. The van der Waals surface area contributed by atoms with Crippen molar-refractivity contribution in [2.24, 2.45) is 0 Å². The summed E-state index contributed by atoms with van der Waals surface area (Å²) in [6, 6.07) is 2.14. The van der Waals surface area contributed by atoms with E-state index in [1.165, 1.54) is 30.9 Å². The number of halogens is 1. The smallest absolute Gasteiger partial charge is 0.225 e. The number of nitrogens with zero attached hydrogens (tertiary/aromatic N) is 6. The summed E-state index contributed by atoms with van der Waals surface area (Å²) in [7, 11) is 0. The van der Waals surface area contributed by atoms with Crippen LogP contribution in [0.2, 0.25) is 0 Å². The number of rotatable bonds is 4. The third kappa shape index (κ3) is 3.28. The van der Waals surface area contributed by atoms with E-state index in [1.807, 2.05) is 6.26 Å². The molecule has 0 aromatic carbocycles. The molecule has 0 unspecified atom stereocenters. The summed E-state index contributed by atoms with van der Waals surface area (Å²) in [5.41, 5.74) is 1.17. The molecule has 3 heterocycles. The van der Waals surface area contributed by atoms with Gasteiger partial charge in [-0.3, -0.25) is 0 Å². The topological polar surface area (TPSA) is 58.0 Å². The number of thioether (sulfide) groups is 1. The second-order valence-corrected chi connectivity index (χ2v) is 6.86. The molecule has 0 amide bonds. The van der Waals surface area contributed by atoms with Gasteiger partial charge < -0.3 is 9.80 Å². The van der Waals surface area contributed by atoms with Crippen LogP contribution in [-0.4, -0.2) is 52.4 Å². The summed E-state index contributed by atoms with van der Waals surface area (Å²) in [6.07, 6.45) is 6.91. The molecule has 0 spiro atoms. The van der Waals surface area contributed by atoms with Crippen molar-refractivity contribution in [3.05, 3.63) is 30.0 Å². The van der Waals surface area contributed by atoms with E-state index in [1.54, 1.807) is 11.8 Å². The third-order valence-corrected chi connectivity index (χ3v) is 4.93. The zero-order valence-corrected chi connectivity index (χ0v) is 14.3. The van der Waals surface area contributed by atoms with Gasteiger partial charge in [-0.2, -0.15) is 0 Å². The second-order valence-electron chi connectivity index (χ2n) is 6.09. The Kier molecular flexibility index (Phi) is 4.22. The number of anilines is 2. The molecule has 8 heteroatoms. The summed E-state index contributed by atoms with van der Waals surface area (Å²) in [5, 5.41) is 0.846. The fraction of sp³-hybridized carbons (Fsp3) is 0.500. The van der Waals surface area contributed by atoms with Crippen LogP contribution in [-0.2, 0) is 0 Å². The molecule has 0 bridgehead atoms. The molecular formula is C16H19FN6S. The van der Waals surface area contributed by atoms with Crippen molar-refractivity contribution in [3.63, 3.8) is 0 Å². The Labute approximate surface area is 144 Å². The lowest BCUT2D eigenvalue weighted by Crippen LogP contribution is -2.47. The summed E-state index contributed by atoms with van der Waals surface area (Å²) >= 11 is 1.59. The SMILES string of the molecule is CSc1nc(C2CC2)cc(N2CCN(c3ncc(F)cn3)CC2)n1. The highest BCUT2D eigenvalue weighted by atomic mass is 32.2. The molecule has 2 aromatic heterocycles. The number of hydrogen-bond donors (Lipinski definition) is 0. The van der Waals surface area contributed by atoms with Gasteiger partial charge in [-0.05, 0) is 19.1 Å². The van der Waals surface area contributed by atoms with Gasteiger partial charge in [0, 0.05) is 38.2 Å². The molecule has 6 nitrogen and oxygen atoms in total. The minimum absolute atomic E-state index is 0.407. The summed E-state index contributed by atoms with van der Waals surface area (Å²) < 4.78 is 12.9. The summed E-state index contributed by atoms with van der Waals surface area (Å²) in [4.78, 5) is 21.8. The Hall–Kier alpha value is -1.96. The Morgan fingerprint density at radius 3 is 2.33 bits per heavy atom. The lowest BCUT2D eigenvalue weighted by molar-refractivity contribution is 0.600. The van der Waals surface area contributed by atoms with E-state index >= 15 is 0 Å². The molecule has 126 valence electrons. The van der Waals surface area contributed by atoms with Gasteiger partial charge in [-0.15, -0.1) is 0 Å². The highest BCUT2D eigenvalue weighted by molar-refractivity contribution is 7.98. The van der Waals surface area contributed by atoms with Crippen molar-refractivity contribution >= 4 is 23.5 Å². The van der Waals surface area contributed by atoms with Crippen LogP contribution in [0.5, 0.6) is 0 Å². The molecule has 1 aliphatic heterocycles. The Morgan fingerprint density at radius 2 is 1.71 bits per heavy atom. The fourth-order valence-electron chi connectivity index (χ4n) is 2.88. The molecular weight excluding hydrogens is 327 g/mol. The van der Waals surface area contributed by atoms with Gasteiger partial charge in [0.15, 0.2) is 11.0 Å². The molecule has 2 aliphatic rings. The van der Waals surface area contributed by atoms with Gasteiger partial charge in [-0.25, -0.2) is 24.3 Å². The van der Waals surface area contributed by atoms with Crippen LogP contribution < -0.4 is 9.80 Å². The van der Waals surface area contributed by atoms with Crippen LogP contribution in [0.15, 0.2) is 23.6 Å². The molecule has 0 N–H and O–H groups in total. The van der Waals surface area contributed by atoms with Crippen LogP contribution in [0, 0.1) is 5.82 Å².